The predicted octanol–water partition coefficient (Wildman–Crippen LogP) is 3.59. The molecule has 0 fully saturated rings. The Hall–Kier alpha value is -2.38. The summed E-state index contributed by atoms with van der Waals surface area (Å²) in [6, 6.07) is 9.52. The van der Waals surface area contributed by atoms with Crippen LogP contribution in [-0.2, 0) is 11.3 Å². The lowest BCUT2D eigenvalue weighted by atomic mass is 10.0. The number of carbonyl (C=O) groups is 1. The van der Waals surface area contributed by atoms with Crippen LogP contribution in [0, 0.1) is 0 Å². The molecule has 0 spiro atoms. The molecule has 158 valence electrons. The van der Waals surface area contributed by atoms with Crippen molar-refractivity contribution in [2.24, 2.45) is 5.73 Å². The summed E-state index contributed by atoms with van der Waals surface area (Å²) in [6.45, 7) is 9.20. The van der Waals surface area contributed by atoms with Crippen molar-refractivity contribution in [3.05, 3.63) is 63.3 Å². The maximum atomic E-state index is 12.9. The van der Waals surface area contributed by atoms with Crippen molar-refractivity contribution in [2.45, 2.75) is 52.2 Å². The fourth-order valence-corrected chi connectivity index (χ4v) is 3.56. The Morgan fingerprint density at radius 3 is 2.52 bits per heavy atom. The standard InChI is InChI=1S/C21H29ClN4O3/c1-5-17(26(21(2,3)4)11-12-29-20(23)28)18-24-13-16(22)19(27)25(18)14-15-9-7-6-8-10-15/h6-10,13,17H,5,11-12,14H2,1-4H3,(H2,23,28). The minimum atomic E-state index is -0.808. The molecule has 2 N–H and O–H groups in total. The monoisotopic (exact) mass is 420 g/mol. The fraction of sp³-hybridized carbons (Fsp3) is 0.476. The van der Waals surface area contributed by atoms with E-state index in [4.69, 9.17) is 22.1 Å². The molecular weight excluding hydrogens is 392 g/mol. The van der Waals surface area contributed by atoms with E-state index < -0.39 is 6.09 Å². The maximum absolute atomic E-state index is 12.9. The van der Waals surface area contributed by atoms with Crippen molar-refractivity contribution in [2.75, 3.05) is 13.2 Å². The Balaban J connectivity index is 2.48. The summed E-state index contributed by atoms with van der Waals surface area (Å²) in [4.78, 5) is 30.6. The van der Waals surface area contributed by atoms with E-state index in [1.54, 1.807) is 4.57 Å². The first kappa shape index (κ1) is 22.9. The molecule has 1 aromatic heterocycles. The second-order valence-electron chi connectivity index (χ2n) is 7.80. The van der Waals surface area contributed by atoms with Gasteiger partial charge in [0.1, 0.15) is 17.5 Å². The number of ether oxygens (including phenoxy) is 1. The third-order valence-corrected chi connectivity index (χ3v) is 4.98. The molecule has 1 unspecified atom stereocenters. The SMILES string of the molecule is CCC(c1ncc(Cl)c(=O)n1Cc1ccccc1)N(CCOC(N)=O)C(C)(C)C. The van der Waals surface area contributed by atoms with Gasteiger partial charge in [0.05, 0.1) is 18.8 Å². The highest BCUT2D eigenvalue weighted by Gasteiger charge is 2.32. The van der Waals surface area contributed by atoms with Crippen LogP contribution < -0.4 is 11.3 Å². The molecule has 1 atom stereocenters. The van der Waals surface area contributed by atoms with Crippen LogP contribution in [-0.4, -0.2) is 39.2 Å². The number of aromatic nitrogens is 2. The van der Waals surface area contributed by atoms with Crippen molar-refractivity contribution < 1.29 is 9.53 Å². The molecule has 0 radical (unpaired) electrons. The van der Waals surface area contributed by atoms with E-state index in [1.807, 2.05) is 37.3 Å². The summed E-state index contributed by atoms with van der Waals surface area (Å²) in [5, 5.41) is 0.0823. The van der Waals surface area contributed by atoms with Crippen LogP contribution in [0.25, 0.3) is 0 Å². The van der Waals surface area contributed by atoms with E-state index in [1.165, 1.54) is 6.20 Å². The minimum absolute atomic E-state index is 0.0823. The normalized spacial score (nSPS) is 12.8. The number of primary amides is 1. The van der Waals surface area contributed by atoms with Gasteiger partial charge < -0.3 is 10.5 Å². The van der Waals surface area contributed by atoms with E-state index in [2.05, 4.69) is 30.7 Å². The van der Waals surface area contributed by atoms with E-state index in [9.17, 15) is 9.59 Å². The Morgan fingerprint density at radius 1 is 1.31 bits per heavy atom. The van der Waals surface area contributed by atoms with Gasteiger partial charge >= 0.3 is 6.09 Å². The van der Waals surface area contributed by atoms with E-state index in [-0.39, 0.29) is 28.8 Å². The van der Waals surface area contributed by atoms with Crippen LogP contribution in [0.4, 0.5) is 4.79 Å². The zero-order chi connectivity index (χ0) is 21.6. The minimum Gasteiger partial charge on any atom is -0.448 e. The van der Waals surface area contributed by atoms with Crippen LogP contribution in [0.5, 0.6) is 0 Å². The molecule has 0 aliphatic carbocycles. The summed E-state index contributed by atoms with van der Waals surface area (Å²) in [5.41, 5.74) is 5.54. The van der Waals surface area contributed by atoms with Crippen LogP contribution in [0.15, 0.2) is 41.3 Å². The summed E-state index contributed by atoms with van der Waals surface area (Å²) >= 11 is 6.11. The molecule has 2 aromatic rings. The largest absolute Gasteiger partial charge is 0.448 e. The first-order valence-electron chi connectivity index (χ1n) is 9.63. The molecule has 1 heterocycles. The van der Waals surface area contributed by atoms with Gasteiger partial charge in [-0.1, -0.05) is 48.9 Å². The predicted molar refractivity (Wildman–Crippen MR) is 114 cm³/mol. The number of benzene rings is 1. The molecule has 0 aliphatic heterocycles. The lowest BCUT2D eigenvalue weighted by Gasteiger charge is -2.41. The molecule has 1 amide bonds. The fourth-order valence-electron chi connectivity index (χ4n) is 3.41. The second kappa shape index (κ2) is 9.89. The van der Waals surface area contributed by atoms with E-state index >= 15 is 0 Å². The molecule has 0 saturated carbocycles. The zero-order valence-electron chi connectivity index (χ0n) is 17.4. The third kappa shape index (κ3) is 6.05. The van der Waals surface area contributed by atoms with Gasteiger partial charge in [0.15, 0.2) is 0 Å². The Bertz CT molecular complexity index is 878. The highest BCUT2D eigenvalue weighted by molar-refractivity contribution is 6.30. The average molecular weight is 421 g/mol. The number of nitrogens with two attached hydrogens (primary N) is 1. The molecule has 29 heavy (non-hydrogen) atoms. The second-order valence-corrected chi connectivity index (χ2v) is 8.20. The number of halogens is 1. The van der Waals surface area contributed by atoms with Gasteiger partial charge in [-0.05, 0) is 32.8 Å². The van der Waals surface area contributed by atoms with Gasteiger partial charge in [-0.3, -0.25) is 14.3 Å². The van der Waals surface area contributed by atoms with E-state index in [0.717, 1.165) is 5.56 Å². The van der Waals surface area contributed by atoms with Crippen LogP contribution in [0.1, 0.15) is 51.5 Å². The summed E-state index contributed by atoms with van der Waals surface area (Å²) in [6.07, 6.45) is 1.30. The third-order valence-electron chi connectivity index (χ3n) is 4.72. The molecular formula is C21H29ClN4O3. The highest BCUT2D eigenvalue weighted by Crippen LogP contribution is 2.29. The van der Waals surface area contributed by atoms with Gasteiger partial charge in [0.2, 0.25) is 0 Å². The number of rotatable bonds is 8. The number of amides is 1. The summed E-state index contributed by atoms with van der Waals surface area (Å²) in [5.74, 6) is 0.625. The lowest BCUT2D eigenvalue weighted by molar-refractivity contribution is 0.0457. The van der Waals surface area contributed by atoms with Crippen molar-refractivity contribution in [1.29, 1.82) is 0 Å². The van der Waals surface area contributed by atoms with Crippen LogP contribution in [0.2, 0.25) is 5.02 Å². The van der Waals surface area contributed by atoms with Crippen LogP contribution in [0.3, 0.4) is 0 Å². The maximum Gasteiger partial charge on any atom is 0.404 e. The highest BCUT2D eigenvalue weighted by atomic mass is 35.5. The Labute approximate surface area is 176 Å². The molecule has 7 nitrogen and oxygen atoms in total. The number of hydrogen-bond donors (Lipinski definition) is 1. The van der Waals surface area contributed by atoms with E-state index in [0.29, 0.717) is 25.3 Å². The van der Waals surface area contributed by atoms with Crippen molar-refractivity contribution in [1.82, 2.24) is 14.5 Å². The first-order valence-corrected chi connectivity index (χ1v) is 10.0. The molecule has 0 saturated heterocycles. The van der Waals surface area contributed by atoms with Crippen molar-refractivity contribution >= 4 is 17.7 Å². The first-order chi connectivity index (χ1) is 13.6. The quantitative estimate of drug-likeness (QED) is 0.704. The summed E-state index contributed by atoms with van der Waals surface area (Å²) < 4.78 is 6.58. The van der Waals surface area contributed by atoms with Crippen molar-refractivity contribution in [3.8, 4) is 0 Å². The van der Waals surface area contributed by atoms with Gasteiger partial charge in [0, 0.05) is 12.1 Å². The topological polar surface area (TPSA) is 90.4 Å². The number of nitrogens with zero attached hydrogens (tertiary/aromatic N) is 3. The Morgan fingerprint density at radius 2 is 1.97 bits per heavy atom. The molecule has 8 heteroatoms. The molecule has 2 rings (SSSR count). The number of carbonyl (C=O) groups excluding carboxylic acids is 1. The summed E-state index contributed by atoms with van der Waals surface area (Å²) in [7, 11) is 0. The van der Waals surface area contributed by atoms with Crippen LogP contribution >= 0.6 is 11.6 Å². The van der Waals surface area contributed by atoms with Gasteiger partial charge in [-0.2, -0.15) is 0 Å². The van der Waals surface area contributed by atoms with Gasteiger partial charge in [0.25, 0.3) is 5.56 Å². The van der Waals surface area contributed by atoms with Gasteiger partial charge in [-0.15, -0.1) is 0 Å². The lowest BCUT2D eigenvalue weighted by Crippen LogP contribution is -2.47. The molecule has 0 aliphatic rings. The molecule has 0 bridgehead atoms. The molecule has 1 aromatic carbocycles. The van der Waals surface area contributed by atoms with Crippen molar-refractivity contribution in [3.63, 3.8) is 0 Å². The Kier molecular flexibility index (Phi) is 7.81. The smallest absolute Gasteiger partial charge is 0.404 e. The zero-order valence-corrected chi connectivity index (χ0v) is 18.1. The van der Waals surface area contributed by atoms with Gasteiger partial charge in [-0.25, -0.2) is 9.78 Å². The number of hydrogen-bond acceptors (Lipinski definition) is 5. The average Bonchev–Trinajstić information content (AvgIpc) is 2.66.